The van der Waals surface area contributed by atoms with E-state index in [-0.39, 0.29) is 16.9 Å². The number of anilines is 3. The van der Waals surface area contributed by atoms with Crippen LogP contribution in [0.15, 0.2) is 6.07 Å². The lowest BCUT2D eigenvalue weighted by Gasteiger charge is -2.28. The summed E-state index contributed by atoms with van der Waals surface area (Å²) in [4.78, 5) is 9.63. The molecule has 118 valence electrons. The number of aromatic amines is 1. The molecule has 0 spiro atoms. The van der Waals surface area contributed by atoms with Crippen molar-refractivity contribution in [2.75, 3.05) is 43.6 Å². The summed E-state index contributed by atoms with van der Waals surface area (Å²) in [7, 11) is 1.48. The van der Waals surface area contributed by atoms with Crippen LogP contribution in [0.5, 0.6) is 5.88 Å². The molecule has 1 aliphatic heterocycles. The van der Waals surface area contributed by atoms with Crippen LogP contribution in [0.4, 0.5) is 21.8 Å². The zero-order chi connectivity index (χ0) is 15.5. The third kappa shape index (κ3) is 3.04. The van der Waals surface area contributed by atoms with E-state index in [0.717, 1.165) is 0 Å². The van der Waals surface area contributed by atoms with Gasteiger partial charge in [-0.1, -0.05) is 0 Å². The van der Waals surface area contributed by atoms with Gasteiger partial charge in [-0.3, -0.25) is 5.10 Å². The summed E-state index contributed by atoms with van der Waals surface area (Å²) >= 11 is 5.90. The largest absolute Gasteiger partial charge is 0.480 e. The number of morpholine rings is 1. The highest BCUT2D eigenvalue weighted by atomic mass is 35.5. The van der Waals surface area contributed by atoms with E-state index in [1.165, 1.54) is 7.11 Å². The van der Waals surface area contributed by atoms with Crippen molar-refractivity contribution in [3.63, 3.8) is 0 Å². The predicted molar refractivity (Wildman–Crippen MR) is 78.5 cm³/mol. The van der Waals surface area contributed by atoms with E-state index in [9.17, 15) is 4.39 Å². The summed E-state index contributed by atoms with van der Waals surface area (Å²) in [6, 6.07) is 1.57. The summed E-state index contributed by atoms with van der Waals surface area (Å²) in [5.41, 5.74) is 0. The minimum Gasteiger partial charge on any atom is -0.480 e. The smallest absolute Gasteiger partial charge is 0.234 e. The van der Waals surface area contributed by atoms with Crippen LogP contribution in [-0.2, 0) is 4.74 Å². The van der Waals surface area contributed by atoms with Crippen LogP contribution >= 0.6 is 11.6 Å². The Bertz CT molecular complexity index is 661. The van der Waals surface area contributed by atoms with Crippen molar-refractivity contribution < 1.29 is 13.9 Å². The number of H-pyrrole nitrogens is 1. The molecule has 1 aliphatic rings. The molecular formula is C12H14ClFN6O2. The van der Waals surface area contributed by atoms with E-state index in [2.05, 4.69) is 25.5 Å². The van der Waals surface area contributed by atoms with Crippen LogP contribution in [0.2, 0.25) is 5.28 Å². The maximum absolute atomic E-state index is 14.6. The topological polar surface area (TPSA) is 88.2 Å². The molecular weight excluding hydrogens is 315 g/mol. The lowest BCUT2D eigenvalue weighted by atomic mass is 10.3. The van der Waals surface area contributed by atoms with Crippen LogP contribution in [0.3, 0.4) is 0 Å². The Kier molecular flexibility index (Phi) is 4.25. The molecule has 2 aromatic heterocycles. The standard InChI is InChI=1S/C12H14ClFN6O2/c1-21-8-6-7(18-19-8)15-10-9(14)11(17-12(13)16-10)20-2-4-22-5-3-20/h6H,2-5H2,1H3,(H2,15,16,17,18,19). The normalized spacial score (nSPS) is 15.0. The minimum atomic E-state index is -0.583. The van der Waals surface area contributed by atoms with Crippen LogP contribution in [0, 0.1) is 5.82 Å². The molecule has 1 fully saturated rings. The number of hydrogen-bond acceptors (Lipinski definition) is 7. The first-order valence-electron chi connectivity index (χ1n) is 6.59. The second-order valence-electron chi connectivity index (χ2n) is 4.53. The predicted octanol–water partition coefficient (Wildman–Crippen LogP) is 1.58. The van der Waals surface area contributed by atoms with E-state index in [0.29, 0.717) is 38.0 Å². The van der Waals surface area contributed by atoms with E-state index in [4.69, 9.17) is 21.1 Å². The maximum atomic E-state index is 14.6. The van der Waals surface area contributed by atoms with Gasteiger partial charge in [0.05, 0.1) is 20.3 Å². The number of rotatable bonds is 4. The second-order valence-corrected chi connectivity index (χ2v) is 4.87. The second kappa shape index (κ2) is 6.32. The van der Waals surface area contributed by atoms with Crippen molar-refractivity contribution in [3.8, 4) is 5.88 Å². The first-order valence-corrected chi connectivity index (χ1v) is 6.97. The van der Waals surface area contributed by atoms with Gasteiger partial charge in [0, 0.05) is 19.2 Å². The molecule has 2 N–H and O–H groups in total. The molecule has 0 aromatic carbocycles. The number of hydrogen-bond donors (Lipinski definition) is 2. The van der Waals surface area contributed by atoms with Crippen molar-refractivity contribution in [3.05, 3.63) is 17.2 Å². The van der Waals surface area contributed by atoms with Gasteiger partial charge in [0.1, 0.15) is 5.82 Å². The first kappa shape index (κ1) is 14.8. The number of halogens is 2. The minimum absolute atomic E-state index is 0.0344. The van der Waals surface area contributed by atoms with Crippen molar-refractivity contribution in [2.45, 2.75) is 0 Å². The molecule has 0 atom stereocenters. The molecule has 0 radical (unpaired) electrons. The summed E-state index contributed by atoms with van der Waals surface area (Å²) < 4.78 is 24.8. The molecule has 0 amide bonds. The number of aromatic nitrogens is 4. The molecule has 10 heteroatoms. The monoisotopic (exact) mass is 328 g/mol. The fraction of sp³-hybridized carbons (Fsp3) is 0.417. The summed E-state index contributed by atoms with van der Waals surface area (Å²) in [6.07, 6.45) is 0. The molecule has 3 rings (SSSR count). The van der Waals surface area contributed by atoms with Crippen molar-refractivity contribution in [1.82, 2.24) is 20.2 Å². The van der Waals surface area contributed by atoms with Gasteiger partial charge < -0.3 is 19.7 Å². The zero-order valence-corrected chi connectivity index (χ0v) is 12.5. The quantitative estimate of drug-likeness (QED) is 0.824. The Hall–Kier alpha value is -2.13. The summed E-state index contributed by atoms with van der Waals surface area (Å²) in [5, 5.41) is 9.26. The van der Waals surface area contributed by atoms with Gasteiger partial charge in [-0.05, 0) is 11.6 Å². The third-order valence-electron chi connectivity index (χ3n) is 3.13. The van der Waals surface area contributed by atoms with Crippen LogP contribution < -0.4 is 15.0 Å². The Morgan fingerprint density at radius 1 is 1.41 bits per heavy atom. The first-order chi connectivity index (χ1) is 10.7. The van der Waals surface area contributed by atoms with Gasteiger partial charge in [0.2, 0.25) is 17.0 Å². The van der Waals surface area contributed by atoms with Gasteiger partial charge in [-0.2, -0.15) is 14.4 Å². The number of nitrogens with one attached hydrogen (secondary N) is 2. The maximum Gasteiger partial charge on any atom is 0.234 e. The Balaban J connectivity index is 1.88. The number of ether oxygens (including phenoxy) is 2. The zero-order valence-electron chi connectivity index (χ0n) is 11.8. The fourth-order valence-corrected chi connectivity index (χ4v) is 2.24. The molecule has 3 heterocycles. The highest BCUT2D eigenvalue weighted by molar-refractivity contribution is 6.28. The molecule has 0 aliphatic carbocycles. The van der Waals surface area contributed by atoms with E-state index >= 15 is 0 Å². The van der Waals surface area contributed by atoms with Crippen molar-refractivity contribution >= 4 is 29.1 Å². The highest BCUT2D eigenvalue weighted by Gasteiger charge is 2.21. The Morgan fingerprint density at radius 3 is 2.86 bits per heavy atom. The van der Waals surface area contributed by atoms with Crippen LogP contribution in [-0.4, -0.2) is 53.6 Å². The Labute approximate surface area is 130 Å². The fourth-order valence-electron chi connectivity index (χ4n) is 2.08. The van der Waals surface area contributed by atoms with Gasteiger partial charge in [0.15, 0.2) is 11.6 Å². The molecule has 2 aromatic rings. The molecule has 8 nitrogen and oxygen atoms in total. The molecule has 0 saturated carbocycles. The lowest BCUT2D eigenvalue weighted by molar-refractivity contribution is 0.122. The molecule has 22 heavy (non-hydrogen) atoms. The summed E-state index contributed by atoms with van der Waals surface area (Å²) in [5.74, 6) is 0.333. The number of nitrogens with zero attached hydrogens (tertiary/aromatic N) is 4. The van der Waals surface area contributed by atoms with Crippen molar-refractivity contribution in [2.24, 2.45) is 0 Å². The van der Waals surface area contributed by atoms with Crippen molar-refractivity contribution in [1.29, 1.82) is 0 Å². The average molecular weight is 329 g/mol. The van der Waals surface area contributed by atoms with Crippen LogP contribution in [0.1, 0.15) is 0 Å². The summed E-state index contributed by atoms with van der Waals surface area (Å²) in [6.45, 7) is 2.12. The number of methoxy groups -OCH3 is 1. The third-order valence-corrected chi connectivity index (χ3v) is 3.30. The molecule has 1 saturated heterocycles. The van der Waals surface area contributed by atoms with E-state index in [1.807, 2.05) is 0 Å². The highest BCUT2D eigenvalue weighted by Crippen LogP contribution is 2.27. The van der Waals surface area contributed by atoms with Gasteiger partial charge in [-0.25, -0.2) is 0 Å². The SMILES string of the molecule is COc1cc(Nc2nc(Cl)nc(N3CCOCC3)c2F)[nH]n1. The van der Waals surface area contributed by atoms with E-state index in [1.54, 1.807) is 11.0 Å². The van der Waals surface area contributed by atoms with Crippen LogP contribution in [0.25, 0.3) is 0 Å². The van der Waals surface area contributed by atoms with Gasteiger partial charge in [0.25, 0.3) is 0 Å². The van der Waals surface area contributed by atoms with Gasteiger partial charge >= 0.3 is 0 Å². The van der Waals surface area contributed by atoms with Gasteiger partial charge in [-0.15, -0.1) is 5.10 Å². The molecule has 0 unspecified atom stereocenters. The average Bonchev–Trinajstić information content (AvgIpc) is 2.99. The molecule has 0 bridgehead atoms. The van der Waals surface area contributed by atoms with E-state index < -0.39 is 5.82 Å². The Morgan fingerprint density at radius 2 is 2.18 bits per heavy atom. The lowest BCUT2D eigenvalue weighted by Crippen LogP contribution is -2.37.